The van der Waals surface area contributed by atoms with E-state index in [2.05, 4.69) is 49.2 Å². The molecule has 1 aliphatic carbocycles. The smallest absolute Gasteiger partial charge is 0.128 e. The second-order valence-corrected chi connectivity index (χ2v) is 7.44. The second-order valence-electron chi connectivity index (χ2n) is 7.44. The minimum absolute atomic E-state index is 0.403. The average Bonchev–Trinajstić information content (AvgIpc) is 3.09. The molecular weight excluding hydrogens is 246 g/mol. The molecule has 0 amide bonds. The van der Waals surface area contributed by atoms with Gasteiger partial charge in [-0.2, -0.15) is 0 Å². The van der Waals surface area contributed by atoms with Crippen molar-refractivity contribution >= 4 is 5.82 Å². The van der Waals surface area contributed by atoms with E-state index in [1.807, 2.05) is 0 Å². The highest BCUT2D eigenvalue weighted by molar-refractivity contribution is 5.40. The van der Waals surface area contributed by atoms with Gasteiger partial charge < -0.3 is 10.2 Å². The number of hydrogen-bond donors (Lipinski definition) is 1. The summed E-state index contributed by atoms with van der Waals surface area (Å²) in [5.74, 6) is 1.93. The third-order valence-corrected chi connectivity index (χ3v) is 4.68. The fraction of sp³-hybridized carbons (Fsp3) is 0.706. The van der Waals surface area contributed by atoms with Gasteiger partial charge in [-0.15, -0.1) is 0 Å². The van der Waals surface area contributed by atoms with Crippen molar-refractivity contribution in [3.8, 4) is 0 Å². The summed E-state index contributed by atoms with van der Waals surface area (Å²) in [4.78, 5) is 7.29. The molecule has 1 saturated heterocycles. The molecular formula is C17H27N3. The molecule has 0 bridgehead atoms. The van der Waals surface area contributed by atoms with Crippen LogP contribution in [-0.2, 0) is 6.54 Å². The maximum Gasteiger partial charge on any atom is 0.128 e. The lowest BCUT2D eigenvalue weighted by Gasteiger charge is -2.27. The summed E-state index contributed by atoms with van der Waals surface area (Å²) in [6, 6.07) is 7.19. The lowest BCUT2D eigenvalue weighted by Crippen LogP contribution is -2.26. The highest BCUT2D eigenvalue weighted by atomic mass is 15.2. The summed E-state index contributed by atoms with van der Waals surface area (Å²) in [6.45, 7) is 10.3. The van der Waals surface area contributed by atoms with Crippen LogP contribution in [0, 0.1) is 11.3 Å². The van der Waals surface area contributed by atoms with Crippen molar-refractivity contribution in [2.75, 3.05) is 18.0 Å². The van der Waals surface area contributed by atoms with E-state index in [0.717, 1.165) is 37.4 Å². The first-order chi connectivity index (χ1) is 9.52. The Morgan fingerprint density at radius 1 is 1.25 bits per heavy atom. The summed E-state index contributed by atoms with van der Waals surface area (Å²) in [5.41, 5.74) is 1.58. The van der Waals surface area contributed by atoms with Crippen LogP contribution < -0.4 is 10.2 Å². The molecule has 3 heteroatoms. The van der Waals surface area contributed by atoms with E-state index in [0.29, 0.717) is 5.41 Å². The molecule has 2 aliphatic rings. The maximum absolute atomic E-state index is 4.83. The normalized spacial score (nSPS) is 23.4. The van der Waals surface area contributed by atoms with Crippen molar-refractivity contribution in [3.05, 3.63) is 23.9 Å². The van der Waals surface area contributed by atoms with Crippen LogP contribution >= 0.6 is 0 Å². The van der Waals surface area contributed by atoms with Gasteiger partial charge in [0.05, 0.1) is 5.69 Å². The number of nitrogens with one attached hydrogen (secondary N) is 1. The van der Waals surface area contributed by atoms with E-state index in [1.165, 1.54) is 25.0 Å². The maximum atomic E-state index is 4.83. The molecule has 0 aromatic carbocycles. The zero-order chi connectivity index (χ0) is 14.2. The molecule has 1 aromatic heterocycles. The summed E-state index contributed by atoms with van der Waals surface area (Å²) in [5, 5.41) is 3.54. The van der Waals surface area contributed by atoms with Gasteiger partial charge in [0.25, 0.3) is 0 Å². The first kappa shape index (κ1) is 13.9. The Morgan fingerprint density at radius 3 is 2.70 bits per heavy atom. The summed E-state index contributed by atoms with van der Waals surface area (Å²) in [7, 11) is 0. The van der Waals surface area contributed by atoms with E-state index >= 15 is 0 Å². The third kappa shape index (κ3) is 3.32. The lowest BCUT2D eigenvalue weighted by atomic mass is 9.80. The molecule has 2 fully saturated rings. The number of anilines is 1. The highest BCUT2D eigenvalue weighted by Crippen LogP contribution is 2.35. The van der Waals surface area contributed by atoms with Gasteiger partial charge in [-0.25, -0.2) is 4.98 Å². The van der Waals surface area contributed by atoms with E-state index in [9.17, 15) is 0 Å². The molecule has 2 heterocycles. The molecule has 1 atom stereocenters. The predicted octanol–water partition coefficient (Wildman–Crippen LogP) is 3.21. The van der Waals surface area contributed by atoms with Crippen LogP contribution in [0.25, 0.3) is 0 Å². The summed E-state index contributed by atoms with van der Waals surface area (Å²) in [6.07, 6.45) is 3.95. The SMILES string of the molecule is CC(C)(C)C1CCN(c2cccc(CNC3CC3)n2)C1. The molecule has 1 unspecified atom stereocenters. The Hall–Kier alpha value is -1.09. The molecule has 110 valence electrons. The average molecular weight is 273 g/mol. The van der Waals surface area contributed by atoms with Gasteiger partial charge in [-0.1, -0.05) is 26.8 Å². The van der Waals surface area contributed by atoms with Crippen molar-refractivity contribution in [3.63, 3.8) is 0 Å². The second kappa shape index (κ2) is 5.36. The van der Waals surface area contributed by atoms with Gasteiger partial charge in [-0.3, -0.25) is 0 Å². The molecule has 3 rings (SSSR count). The quantitative estimate of drug-likeness (QED) is 0.913. The number of rotatable bonds is 4. The van der Waals surface area contributed by atoms with Gasteiger partial charge in [0.2, 0.25) is 0 Å². The number of aromatic nitrogens is 1. The van der Waals surface area contributed by atoms with Crippen LogP contribution in [0.15, 0.2) is 18.2 Å². The molecule has 1 aliphatic heterocycles. The number of pyridine rings is 1. The van der Waals surface area contributed by atoms with Crippen LogP contribution in [0.5, 0.6) is 0 Å². The largest absolute Gasteiger partial charge is 0.356 e. The monoisotopic (exact) mass is 273 g/mol. The zero-order valence-corrected chi connectivity index (χ0v) is 13.0. The fourth-order valence-electron chi connectivity index (χ4n) is 2.95. The standard InChI is InChI=1S/C17H27N3/c1-17(2,3)13-9-10-20(12-13)16-6-4-5-15(19-16)11-18-14-7-8-14/h4-6,13-14,18H,7-12H2,1-3H3. The molecule has 0 spiro atoms. The zero-order valence-electron chi connectivity index (χ0n) is 13.0. The van der Waals surface area contributed by atoms with E-state index in [1.54, 1.807) is 0 Å². The Balaban J connectivity index is 1.63. The topological polar surface area (TPSA) is 28.2 Å². The van der Waals surface area contributed by atoms with E-state index < -0.39 is 0 Å². The van der Waals surface area contributed by atoms with Gasteiger partial charge in [0, 0.05) is 25.7 Å². The molecule has 3 nitrogen and oxygen atoms in total. The highest BCUT2D eigenvalue weighted by Gasteiger charge is 2.32. The van der Waals surface area contributed by atoms with Crippen LogP contribution in [0.1, 0.15) is 45.7 Å². The van der Waals surface area contributed by atoms with Gasteiger partial charge in [-0.05, 0) is 42.7 Å². The van der Waals surface area contributed by atoms with Crippen LogP contribution in [0.4, 0.5) is 5.82 Å². The molecule has 1 aromatic rings. The van der Waals surface area contributed by atoms with Crippen molar-refractivity contribution < 1.29 is 0 Å². The first-order valence-corrected chi connectivity index (χ1v) is 7.96. The Bertz CT molecular complexity index is 460. The Morgan fingerprint density at radius 2 is 2.05 bits per heavy atom. The van der Waals surface area contributed by atoms with Gasteiger partial charge in [0.15, 0.2) is 0 Å². The van der Waals surface area contributed by atoms with E-state index in [4.69, 9.17) is 4.98 Å². The van der Waals surface area contributed by atoms with Crippen molar-refractivity contribution in [2.24, 2.45) is 11.3 Å². The number of hydrogen-bond acceptors (Lipinski definition) is 3. The lowest BCUT2D eigenvalue weighted by molar-refractivity contribution is 0.263. The third-order valence-electron chi connectivity index (χ3n) is 4.68. The number of nitrogens with zero attached hydrogens (tertiary/aromatic N) is 2. The van der Waals surface area contributed by atoms with Crippen molar-refractivity contribution in [2.45, 2.75) is 52.6 Å². The van der Waals surface area contributed by atoms with Crippen molar-refractivity contribution in [1.29, 1.82) is 0 Å². The fourth-order valence-corrected chi connectivity index (χ4v) is 2.95. The van der Waals surface area contributed by atoms with Crippen LogP contribution in [0.2, 0.25) is 0 Å². The predicted molar refractivity (Wildman–Crippen MR) is 83.9 cm³/mol. The van der Waals surface area contributed by atoms with Crippen molar-refractivity contribution in [1.82, 2.24) is 10.3 Å². The Labute approximate surface area is 122 Å². The minimum atomic E-state index is 0.403. The van der Waals surface area contributed by atoms with E-state index in [-0.39, 0.29) is 0 Å². The molecule has 1 N–H and O–H groups in total. The summed E-state index contributed by atoms with van der Waals surface area (Å²) >= 11 is 0. The van der Waals surface area contributed by atoms with Crippen LogP contribution in [0.3, 0.4) is 0 Å². The van der Waals surface area contributed by atoms with Gasteiger partial charge in [0.1, 0.15) is 5.82 Å². The Kier molecular flexibility index (Phi) is 3.72. The van der Waals surface area contributed by atoms with Crippen LogP contribution in [-0.4, -0.2) is 24.1 Å². The minimum Gasteiger partial charge on any atom is -0.356 e. The first-order valence-electron chi connectivity index (χ1n) is 7.96. The van der Waals surface area contributed by atoms with Gasteiger partial charge >= 0.3 is 0 Å². The summed E-state index contributed by atoms with van der Waals surface area (Å²) < 4.78 is 0. The molecule has 1 saturated carbocycles. The molecule has 20 heavy (non-hydrogen) atoms. The molecule has 0 radical (unpaired) electrons.